The van der Waals surface area contributed by atoms with Gasteiger partial charge in [-0.2, -0.15) is 0 Å². The van der Waals surface area contributed by atoms with Gasteiger partial charge < -0.3 is 14.6 Å². The highest BCUT2D eigenvalue weighted by Gasteiger charge is 2.01. The number of para-hydroxylation sites is 1. The number of rotatable bonds is 5. The molecule has 0 bridgehead atoms. The van der Waals surface area contributed by atoms with Gasteiger partial charge in [0.05, 0.1) is 0 Å². The van der Waals surface area contributed by atoms with Crippen molar-refractivity contribution in [1.29, 1.82) is 0 Å². The van der Waals surface area contributed by atoms with E-state index in [1.54, 1.807) is 0 Å². The molecule has 4 heteroatoms. The van der Waals surface area contributed by atoms with Gasteiger partial charge in [0, 0.05) is 31.9 Å². The summed E-state index contributed by atoms with van der Waals surface area (Å²) in [6.07, 6.45) is 2.03. The fourth-order valence-corrected chi connectivity index (χ4v) is 1.83. The number of aromatic nitrogens is 1. The maximum absolute atomic E-state index is 11.2. The molecule has 0 spiro atoms. The zero-order chi connectivity index (χ0) is 12.1. The fraction of sp³-hybridized carbons (Fsp3) is 0.308. The molecule has 0 aliphatic carbocycles. The topological polar surface area (TPSA) is 43.3 Å². The van der Waals surface area contributed by atoms with E-state index in [4.69, 9.17) is 4.74 Å². The van der Waals surface area contributed by atoms with Gasteiger partial charge in [-0.25, -0.2) is 0 Å². The lowest BCUT2D eigenvalue weighted by Crippen LogP contribution is -2.30. The highest BCUT2D eigenvalue weighted by molar-refractivity contribution is 5.80. The third kappa shape index (κ3) is 2.85. The summed E-state index contributed by atoms with van der Waals surface area (Å²) in [4.78, 5) is 11.2. The van der Waals surface area contributed by atoms with Gasteiger partial charge in [0.15, 0.2) is 0 Å². The molecule has 1 amide bonds. The summed E-state index contributed by atoms with van der Waals surface area (Å²) >= 11 is 0. The molecule has 1 aromatic heterocycles. The number of carbonyl (C=O) groups is 1. The summed E-state index contributed by atoms with van der Waals surface area (Å²) in [7, 11) is 1.51. The number of carbonyl (C=O) groups excluding carboxylic acids is 1. The Morgan fingerprint density at radius 3 is 3.00 bits per heavy atom. The van der Waals surface area contributed by atoms with Gasteiger partial charge in [0.2, 0.25) is 5.91 Å². The standard InChI is InChI=1S/C13H16N2O2/c1-17-10-13(16)14-7-9-15-8-6-11-4-2-3-5-12(11)15/h2-6,8H,7,9-10H2,1H3,(H,14,16). The first-order valence-corrected chi connectivity index (χ1v) is 5.61. The zero-order valence-electron chi connectivity index (χ0n) is 9.85. The van der Waals surface area contributed by atoms with E-state index in [0.717, 1.165) is 6.54 Å². The molecular weight excluding hydrogens is 216 g/mol. The first-order chi connectivity index (χ1) is 8.31. The van der Waals surface area contributed by atoms with Crippen molar-refractivity contribution < 1.29 is 9.53 Å². The van der Waals surface area contributed by atoms with Crippen LogP contribution in [0, 0.1) is 0 Å². The van der Waals surface area contributed by atoms with Gasteiger partial charge in [0.25, 0.3) is 0 Å². The van der Waals surface area contributed by atoms with Crippen molar-refractivity contribution >= 4 is 16.8 Å². The van der Waals surface area contributed by atoms with Gasteiger partial charge in [-0.3, -0.25) is 4.79 Å². The van der Waals surface area contributed by atoms with Gasteiger partial charge in [-0.05, 0) is 17.5 Å². The molecule has 17 heavy (non-hydrogen) atoms. The van der Waals surface area contributed by atoms with Gasteiger partial charge in [0.1, 0.15) is 6.61 Å². The summed E-state index contributed by atoms with van der Waals surface area (Å²) in [6, 6.07) is 10.3. The first kappa shape index (κ1) is 11.7. The van der Waals surface area contributed by atoms with Crippen molar-refractivity contribution in [3.8, 4) is 0 Å². The van der Waals surface area contributed by atoms with Crippen molar-refractivity contribution in [2.24, 2.45) is 0 Å². The molecule has 0 radical (unpaired) electrons. The molecule has 0 fully saturated rings. The third-order valence-electron chi connectivity index (χ3n) is 2.63. The minimum absolute atomic E-state index is 0.0797. The van der Waals surface area contributed by atoms with Crippen LogP contribution in [0.5, 0.6) is 0 Å². The maximum Gasteiger partial charge on any atom is 0.246 e. The Balaban J connectivity index is 1.93. The van der Waals surface area contributed by atoms with Crippen LogP contribution < -0.4 is 5.32 Å². The average Bonchev–Trinajstić information content (AvgIpc) is 2.73. The minimum Gasteiger partial charge on any atom is -0.375 e. The molecule has 2 aromatic rings. The number of benzene rings is 1. The first-order valence-electron chi connectivity index (χ1n) is 5.61. The Kier molecular flexibility index (Phi) is 3.77. The summed E-state index contributed by atoms with van der Waals surface area (Å²) < 4.78 is 6.87. The van der Waals surface area contributed by atoms with Crippen LogP contribution in [0.2, 0.25) is 0 Å². The van der Waals surface area contributed by atoms with Crippen LogP contribution in [0.25, 0.3) is 10.9 Å². The monoisotopic (exact) mass is 232 g/mol. The summed E-state index contributed by atoms with van der Waals surface area (Å²) in [5, 5.41) is 4.02. The molecule has 1 N–H and O–H groups in total. The molecular formula is C13H16N2O2. The number of hydrogen-bond acceptors (Lipinski definition) is 2. The van der Waals surface area contributed by atoms with Crippen LogP contribution >= 0.6 is 0 Å². The van der Waals surface area contributed by atoms with Gasteiger partial charge in [-0.1, -0.05) is 18.2 Å². The predicted molar refractivity (Wildman–Crippen MR) is 66.8 cm³/mol. The molecule has 0 aliphatic heterocycles. The van der Waals surface area contributed by atoms with Crippen LogP contribution in [0.3, 0.4) is 0 Å². The van der Waals surface area contributed by atoms with Gasteiger partial charge in [-0.15, -0.1) is 0 Å². The second-order valence-corrected chi connectivity index (χ2v) is 3.85. The van der Waals surface area contributed by atoms with E-state index in [1.165, 1.54) is 18.0 Å². The quantitative estimate of drug-likeness (QED) is 0.847. The van der Waals surface area contributed by atoms with Crippen molar-refractivity contribution in [2.75, 3.05) is 20.3 Å². The number of nitrogens with zero attached hydrogens (tertiary/aromatic N) is 1. The molecule has 0 saturated heterocycles. The second kappa shape index (κ2) is 5.50. The highest BCUT2D eigenvalue weighted by Crippen LogP contribution is 2.14. The van der Waals surface area contributed by atoms with E-state index < -0.39 is 0 Å². The molecule has 0 saturated carbocycles. The van der Waals surface area contributed by atoms with Crippen molar-refractivity contribution in [1.82, 2.24) is 9.88 Å². The zero-order valence-corrected chi connectivity index (χ0v) is 9.85. The Hall–Kier alpha value is -1.81. The van der Waals surface area contributed by atoms with Crippen LogP contribution in [0.4, 0.5) is 0 Å². The number of hydrogen-bond donors (Lipinski definition) is 1. The van der Waals surface area contributed by atoms with E-state index >= 15 is 0 Å². The molecule has 1 aromatic carbocycles. The van der Waals surface area contributed by atoms with Crippen molar-refractivity contribution in [3.63, 3.8) is 0 Å². The summed E-state index contributed by atoms with van der Waals surface area (Å²) in [5.41, 5.74) is 1.19. The molecule has 0 atom stereocenters. The lowest BCUT2D eigenvalue weighted by atomic mass is 10.2. The molecule has 0 unspecified atom stereocenters. The highest BCUT2D eigenvalue weighted by atomic mass is 16.5. The van der Waals surface area contributed by atoms with E-state index in [1.807, 2.05) is 18.3 Å². The van der Waals surface area contributed by atoms with E-state index in [0.29, 0.717) is 6.54 Å². The Bertz CT molecular complexity index is 505. The third-order valence-corrected chi connectivity index (χ3v) is 2.63. The van der Waals surface area contributed by atoms with Crippen LogP contribution in [0.15, 0.2) is 36.5 Å². The Morgan fingerprint density at radius 2 is 2.18 bits per heavy atom. The second-order valence-electron chi connectivity index (χ2n) is 3.85. The Morgan fingerprint density at radius 1 is 1.35 bits per heavy atom. The molecule has 4 nitrogen and oxygen atoms in total. The molecule has 2 rings (SSSR count). The van der Waals surface area contributed by atoms with E-state index in [-0.39, 0.29) is 12.5 Å². The largest absolute Gasteiger partial charge is 0.375 e. The normalized spacial score (nSPS) is 10.6. The number of nitrogens with one attached hydrogen (secondary N) is 1. The molecule has 1 heterocycles. The number of amides is 1. The predicted octanol–water partition coefficient (Wildman–Crippen LogP) is 1.40. The average molecular weight is 232 g/mol. The fourth-order valence-electron chi connectivity index (χ4n) is 1.83. The van der Waals surface area contributed by atoms with Crippen molar-refractivity contribution in [2.45, 2.75) is 6.54 Å². The van der Waals surface area contributed by atoms with Crippen LogP contribution in [-0.4, -0.2) is 30.7 Å². The lowest BCUT2D eigenvalue weighted by Gasteiger charge is -2.07. The smallest absolute Gasteiger partial charge is 0.246 e. The Labute approximate surface area is 100 Å². The molecule has 0 aliphatic rings. The molecule has 90 valence electrons. The van der Waals surface area contributed by atoms with Crippen LogP contribution in [0.1, 0.15) is 0 Å². The van der Waals surface area contributed by atoms with Crippen molar-refractivity contribution in [3.05, 3.63) is 36.5 Å². The number of fused-ring (bicyclic) bond motifs is 1. The summed E-state index contributed by atoms with van der Waals surface area (Å²) in [5.74, 6) is -0.0797. The number of ether oxygens (including phenoxy) is 1. The van der Waals surface area contributed by atoms with Crippen LogP contribution in [-0.2, 0) is 16.1 Å². The van der Waals surface area contributed by atoms with Gasteiger partial charge >= 0.3 is 0 Å². The number of methoxy groups -OCH3 is 1. The summed E-state index contributed by atoms with van der Waals surface area (Å²) in [6.45, 7) is 1.50. The van der Waals surface area contributed by atoms with E-state index in [9.17, 15) is 4.79 Å². The maximum atomic E-state index is 11.2. The minimum atomic E-state index is -0.0797. The van der Waals surface area contributed by atoms with E-state index in [2.05, 4.69) is 28.1 Å². The SMILES string of the molecule is COCC(=O)NCCn1ccc2ccccc21. The lowest BCUT2D eigenvalue weighted by molar-refractivity contribution is -0.124.